The first-order chi connectivity index (χ1) is 29.0. The van der Waals surface area contributed by atoms with Gasteiger partial charge in [0, 0.05) is 49.1 Å². The first-order valence-corrected chi connectivity index (χ1v) is 20.4. The first kappa shape index (κ1) is 82.4. The van der Waals surface area contributed by atoms with Gasteiger partial charge < -0.3 is 122 Å². The van der Waals surface area contributed by atoms with Gasteiger partial charge in [0.25, 0.3) is 0 Å². The van der Waals surface area contributed by atoms with Gasteiger partial charge in [0.2, 0.25) is 0 Å². The van der Waals surface area contributed by atoms with Crippen molar-refractivity contribution < 1.29 is 122 Å². The molecule has 0 saturated heterocycles. The average molecular weight is 975 g/mol. The fourth-order valence-corrected chi connectivity index (χ4v) is 2.60. The third-order valence-electron chi connectivity index (χ3n) is 6.17. The molecule has 0 rings (SSSR count). The molecule has 0 aliphatic rings. The number of rotatable bonds is 19. The maximum absolute atomic E-state index is 10.1. The van der Waals surface area contributed by atoms with Crippen LogP contribution < -0.4 is 30.6 Å². The number of carboxylic acids is 6. The van der Waals surface area contributed by atoms with Crippen LogP contribution in [0.3, 0.4) is 0 Å². The molecule has 0 bridgehead atoms. The normalized spacial score (nSPS) is 11.0. The number of aliphatic hydroxyl groups is 7. The highest BCUT2D eigenvalue weighted by Crippen LogP contribution is 2.13. The fourth-order valence-electron chi connectivity index (χ4n) is 2.60. The van der Waals surface area contributed by atoms with E-state index in [9.17, 15) is 49.5 Å². The molecular weight excluding hydrogens is 880 g/mol. The summed E-state index contributed by atoms with van der Waals surface area (Å²) in [5.41, 5.74) is -2.97. The zero-order valence-corrected chi connectivity index (χ0v) is 43.8. The molecule has 0 aliphatic carbocycles. The van der Waals surface area contributed by atoms with Crippen molar-refractivity contribution in [2.45, 2.75) is 31.8 Å². The molecule has 0 fully saturated rings. The highest BCUT2D eigenvalue weighted by Gasteiger charge is 2.29. The SMILES string of the molecule is CC(=O)[O-].C[N+](C)(C)CCO.C[N+](C)(C)CCO.C[N+](C)(C)CCO.C[N+](C)(C)CCO.C[N+](C)(C)CCO.C[N+](C)(C)CCO.O=C([O-])CC(=O)[O-].O=C([O-])CC(O)(CC(=O)[O-])C(=O)[O-]. The first-order valence-electron chi connectivity index (χ1n) is 20.4. The van der Waals surface area contributed by atoms with Crippen molar-refractivity contribution in [2.24, 2.45) is 0 Å². The lowest BCUT2D eigenvalue weighted by Gasteiger charge is -2.29. The highest BCUT2D eigenvalue weighted by atomic mass is 16.4. The molecule has 7 N–H and O–H groups in total. The second-order valence-electron chi connectivity index (χ2n) is 20.3. The van der Waals surface area contributed by atoms with E-state index in [4.69, 9.17) is 45.6 Å². The minimum Gasteiger partial charge on any atom is -0.550 e. The Morgan fingerprint density at radius 1 is 0.348 bits per heavy atom. The van der Waals surface area contributed by atoms with Gasteiger partial charge in [-0.05, 0) is 6.92 Å². The second kappa shape index (κ2) is 43.8. The maximum Gasteiger partial charge on any atom is 0.114 e. The monoisotopic (exact) mass is 975 g/mol. The van der Waals surface area contributed by atoms with Crippen molar-refractivity contribution >= 4 is 35.8 Å². The summed E-state index contributed by atoms with van der Waals surface area (Å²) in [5, 5.41) is 117. The smallest absolute Gasteiger partial charge is 0.114 e. The minimum atomic E-state index is -2.97. The Bertz CT molecular complexity index is 1060. The number of carboxylic acid groups (broad SMARTS) is 6. The molecule has 25 heteroatoms. The van der Waals surface area contributed by atoms with Crippen LogP contribution in [0.1, 0.15) is 26.2 Å². The number of likely N-dealkylation sites (N-methyl/N-ethyl adjacent to an activating group) is 6. The Morgan fingerprint density at radius 2 is 0.485 bits per heavy atom. The zero-order chi connectivity index (χ0) is 55.6. The van der Waals surface area contributed by atoms with Crippen LogP contribution >= 0.6 is 0 Å². The van der Waals surface area contributed by atoms with Crippen LogP contribution in [-0.4, -0.2) is 310 Å². The molecule has 25 nitrogen and oxygen atoms in total. The number of aliphatic hydroxyl groups excluding tert-OH is 6. The Labute approximate surface area is 394 Å². The number of quaternary nitrogens is 6. The number of nitrogens with zero attached hydrogens (tertiary/aromatic N) is 6. The van der Waals surface area contributed by atoms with E-state index >= 15 is 0 Å². The van der Waals surface area contributed by atoms with Crippen molar-refractivity contribution in [3.05, 3.63) is 0 Å². The highest BCUT2D eigenvalue weighted by molar-refractivity contribution is 5.86. The van der Waals surface area contributed by atoms with Crippen LogP contribution in [0, 0.1) is 0 Å². The minimum absolute atomic E-state index is 0.281. The van der Waals surface area contributed by atoms with Gasteiger partial charge in [-0.3, -0.25) is 0 Å². The van der Waals surface area contributed by atoms with E-state index < -0.39 is 60.7 Å². The third kappa shape index (κ3) is 131. The Morgan fingerprint density at radius 3 is 0.515 bits per heavy atom. The Kier molecular flexibility index (Phi) is 54.7. The average Bonchev–Trinajstić information content (AvgIpc) is 2.98. The maximum atomic E-state index is 10.1. The predicted octanol–water partition coefficient (Wildman–Crippen LogP) is -11.5. The van der Waals surface area contributed by atoms with Crippen LogP contribution in [0.15, 0.2) is 0 Å². The summed E-state index contributed by atoms with van der Waals surface area (Å²) in [5.74, 6) is -10.3. The zero-order valence-electron chi connectivity index (χ0n) is 43.8. The number of hydrogen-bond acceptors (Lipinski definition) is 19. The largest absolute Gasteiger partial charge is 0.550 e. The lowest BCUT2D eigenvalue weighted by atomic mass is 9.96. The number of hydrogen-bond donors (Lipinski definition) is 7. The summed E-state index contributed by atoms with van der Waals surface area (Å²) in [6.07, 6.45) is -3.74. The summed E-state index contributed by atoms with van der Waals surface area (Å²) in [6.45, 7) is 7.66. The molecule has 0 spiro atoms. The van der Waals surface area contributed by atoms with E-state index in [0.29, 0.717) is 0 Å². The summed E-state index contributed by atoms with van der Waals surface area (Å²) >= 11 is 0. The standard InChI is InChI=1S/C6H8O7.6C5H14NO.C3H4O4.C2H4O2/c7-3(8)1-6(13,5(11)12)2-4(9)10;6*1-6(2,3)4-5-7;4-2(5)1-3(6)7;1-2(3)4/h13H,1-2H2,(H,7,8)(H,9,10)(H,11,12);6*7H,4-5H2,1-3H3;1H2,(H,4,5)(H,6,7);1H3,(H,3,4)/q;6*+1;;/p-6. The topological polar surface area (TPSA) is 382 Å². The van der Waals surface area contributed by atoms with Gasteiger partial charge in [-0.2, -0.15) is 0 Å². The van der Waals surface area contributed by atoms with E-state index in [0.717, 1.165) is 73.1 Å². The Balaban J connectivity index is -0.0000000803. The predicted molar refractivity (Wildman–Crippen MR) is 234 cm³/mol. The van der Waals surface area contributed by atoms with E-state index in [1.807, 2.05) is 0 Å². The van der Waals surface area contributed by atoms with Crippen molar-refractivity contribution in [1.29, 1.82) is 0 Å². The molecule has 0 atom stereocenters. The summed E-state index contributed by atoms with van der Waals surface area (Å²) in [7, 11) is 36.9. The van der Waals surface area contributed by atoms with Gasteiger partial charge in [0.15, 0.2) is 0 Å². The van der Waals surface area contributed by atoms with E-state index in [1.165, 1.54) is 0 Å². The van der Waals surface area contributed by atoms with E-state index in [1.54, 1.807) is 0 Å². The molecule has 402 valence electrons. The number of aliphatic carboxylic acids is 6. The van der Waals surface area contributed by atoms with Crippen molar-refractivity contribution in [3.63, 3.8) is 0 Å². The number of carbonyl (C=O) groups is 6. The van der Waals surface area contributed by atoms with Gasteiger partial charge >= 0.3 is 0 Å². The van der Waals surface area contributed by atoms with E-state index in [2.05, 4.69) is 127 Å². The fraction of sp³-hybridized carbons (Fsp3) is 0.854. The van der Waals surface area contributed by atoms with Gasteiger partial charge in [0.05, 0.1) is 172 Å². The van der Waals surface area contributed by atoms with Crippen molar-refractivity contribution in [3.8, 4) is 0 Å². The van der Waals surface area contributed by atoms with Crippen LogP contribution in [0.2, 0.25) is 0 Å². The molecule has 0 aromatic carbocycles. The van der Waals surface area contributed by atoms with Crippen LogP contribution in [-0.2, 0) is 28.8 Å². The molecule has 0 unspecified atom stereocenters. The number of carbonyl (C=O) groups excluding carboxylic acids is 6. The van der Waals surface area contributed by atoms with Crippen LogP contribution in [0.4, 0.5) is 0 Å². The molecule has 0 heterocycles. The molecule has 66 heavy (non-hydrogen) atoms. The molecule has 0 aromatic rings. The molecule has 0 radical (unpaired) electrons. The summed E-state index contributed by atoms with van der Waals surface area (Å²) < 4.78 is 5.06. The molecule has 0 saturated carbocycles. The van der Waals surface area contributed by atoms with Crippen LogP contribution in [0.25, 0.3) is 0 Å². The van der Waals surface area contributed by atoms with E-state index in [-0.39, 0.29) is 39.6 Å². The van der Waals surface area contributed by atoms with Gasteiger partial charge in [-0.1, -0.05) is 0 Å². The lowest BCUT2D eigenvalue weighted by Crippen LogP contribution is -2.54. The molecule has 0 aliphatic heterocycles. The van der Waals surface area contributed by atoms with Gasteiger partial charge in [0.1, 0.15) is 44.9 Å². The van der Waals surface area contributed by atoms with Gasteiger partial charge in [-0.15, -0.1) is 0 Å². The summed E-state index contributed by atoms with van der Waals surface area (Å²) in [6, 6.07) is 0. The van der Waals surface area contributed by atoms with Crippen LogP contribution in [0.5, 0.6) is 0 Å². The molecular formula is C41H94N6O19. The lowest BCUT2D eigenvalue weighted by molar-refractivity contribution is -0.870. The third-order valence-corrected chi connectivity index (χ3v) is 6.17. The van der Waals surface area contributed by atoms with Crippen molar-refractivity contribution in [2.75, 3.05) is 206 Å². The quantitative estimate of drug-likeness (QED) is 0.0467. The molecule has 0 amide bonds. The van der Waals surface area contributed by atoms with Gasteiger partial charge in [-0.25, -0.2) is 0 Å². The summed E-state index contributed by atoms with van der Waals surface area (Å²) in [4.78, 5) is 57.4. The molecule has 0 aromatic heterocycles. The Hall–Kier alpha value is -3.70. The van der Waals surface area contributed by atoms with Crippen molar-refractivity contribution in [1.82, 2.24) is 0 Å². The second-order valence-corrected chi connectivity index (χ2v) is 20.3.